The molecule has 18 heavy (non-hydrogen) atoms. The van der Waals surface area contributed by atoms with Crippen LogP contribution in [0.3, 0.4) is 0 Å². The van der Waals surface area contributed by atoms with Crippen LogP contribution in [-0.4, -0.2) is 23.9 Å². The normalized spacial score (nSPS) is 39.6. The number of ether oxygens (including phenoxy) is 2. The summed E-state index contributed by atoms with van der Waals surface area (Å²) in [6.07, 6.45) is 1.71. The fourth-order valence-electron chi connectivity index (χ4n) is 3.21. The highest BCUT2D eigenvalue weighted by Crippen LogP contribution is 2.44. The van der Waals surface area contributed by atoms with E-state index in [1.807, 2.05) is 0 Å². The fourth-order valence-corrected chi connectivity index (χ4v) is 3.21. The zero-order valence-corrected chi connectivity index (χ0v) is 9.59. The molecule has 4 atom stereocenters. The van der Waals surface area contributed by atoms with Crippen molar-refractivity contribution >= 4 is 23.9 Å². The van der Waals surface area contributed by atoms with E-state index in [-0.39, 0.29) is 18.3 Å². The van der Waals surface area contributed by atoms with E-state index in [0.717, 1.165) is 0 Å². The maximum absolute atomic E-state index is 11.5. The molecule has 0 aromatic heterocycles. The summed E-state index contributed by atoms with van der Waals surface area (Å²) >= 11 is 0. The minimum atomic E-state index is -0.503. The van der Waals surface area contributed by atoms with Crippen LogP contribution in [-0.2, 0) is 28.7 Å². The number of rotatable bonds is 1. The summed E-state index contributed by atoms with van der Waals surface area (Å²) < 4.78 is 9.13. The highest BCUT2D eigenvalue weighted by Gasteiger charge is 2.51. The Balaban J connectivity index is 1.74. The van der Waals surface area contributed by atoms with E-state index < -0.39 is 35.7 Å². The Morgan fingerprint density at radius 1 is 0.778 bits per heavy atom. The lowest BCUT2D eigenvalue weighted by molar-refractivity contribution is -0.156. The molecule has 0 bridgehead atoms. The molecule has 0 N–H and O–H groups in total. The van der Waals surface area contributed by atoms with Crippen LogP contribution < -0.4 is 0 Å². The number of fused-ring (bicyclic) bond motifs is 1. The van der Waals surface area contributed by atoms with Crippen LogP contribution in [0.1, 0.15) is 25.7 Å². The van der Waals surface area contributed by atoms with E-state index in [1.165, 1.54) is 0 Å². The zero-order chi connectivity index (χ0) is 12.9. The van der Waals surface area contributed by atoms with Crippen molar-refractivity contribution in [1.82, 2.24) is 0 Å². The molecule has 2 saturated heterocycles. The highest BCUT2D eigenvalue weighted by molar-refractivity contribution is 5.97. The lowest BCUT2D eigenvalue weighted by Gasteiger charge is -2.29. The third-order valence-corrected chi connectivity index (χ3v) is 4.17. The number of carbonyl (C=O) groups excluding carboxylic acids is 4. The Morgan fingerprint density at radius 2 is 1.44 bits per heavy atom. The van der Waals surface area contributed by atoms with Gasteiger partial charge in [-0.1, -0.05) is 0 Å². The molecule has 2 heterocycles. The van der Waals surface area contributed by atoms with Crippen molar-refractivity contribution in [3.8, 4) is 0 Å². The smallest absolute Gasteiger partial charge is 0.317 e. The first kappa shape index (κ1) is 11.4. The lowest BCUT2D eigenvalue weighted by atomic mass is 9.70. The molecule has 0 aromatic carbocycles. The van der Waals surface area contributed by atoms with Gasteiger partial charge in [0, 0.05) is 0 Å². The van der Waals surface area contributed by atoms with Crippen LogP contribution in [0.2, 0.25) is 0 Å². The van der Waals surface area contributed by atoms with E-state index >= 15 is 0 Å². The van der Waals surface area contributed by atoms with Gasteiger partial charge >= 0.3 is 23.9 Å². The van der Waals surface area contributed by atoms with Gasteiger partial charge in [-0.3, -0.25) is 19.2 Å². The molecular weight excluding hydrogens is 240 g/mol. The molecule has 6 heteroatoms. The van der Waals surface area contributed by atoms with Crippen LogP contribution in [0.4, 0.5) is 0 Å². The van der Waals surface area contributed by atoms with Crippen molar-refractivity contribution in [2.75, 3.05) is 0 Å². The topological polar surface area (TPSA) is 86.7 Å². The number of cyclic esters (lactones) is 4. The molecule has 1 saturated carbocycles. The van der Waals surface area contributed by atoms with Gasteiger partial charge in [0.1, 0.15) is 0 Å². The van der Waals surface area contributed by atoms with E-state index in [2.05, 4.69) is 9.47 Å². The average molecular weight is 252 g/mol. The van der Waals surface area contributed by atoms with E-state index in [0.29, 0.717) is 19.3 Å². The van der Waals surface area contributed by atoms with Crippen molar-refractivity contribution in [3.05, 3.63) is 0 Å². The van der Waals surface area contributed by atoms with Gasteiger partial charge in [-0.05, 0) is 25.2 Å². The monoisotopic (exact) mass is 252 g/mol. The maximum Gasteiger partial charge on any atom is 0.317 e. The van der Waals surface area contributed by atoms with Gasteiger partial charge in [0.15, 0.2) is 0 Å². The quantitative estimate of drug-likeness (QED) is 0.489. The molecular formula is C12H12O6. The first-order valence-corrected chi connectivity index (χ1v) is 6.06. The van der Waals surface area contributed by atoms with Crippen molar-refractivity contribution in [3.63, 3.8) is 0 Å². The summed E-state index contributed by atoms with van der Waals surface area (Å²) in [5, 5.41) is 0. The van der Waals surface area contributed by atoms with Gasteiger partial charge in [-0.15, -0.1) is 0 Å². The number of esters is 4. The predicted octanol–water partition coefficient (Wildman–Crippen LogP) is 0.192. The van der Waals surface area contributed by atoms with Crippen LogP contribution in [0.5, 0.6) is 0 Å². The Morgan fingerprint density at radius 3 is 2.11 bits per heavy atom. The molecule has 0 aromatic rings. The Hall–Kier alpha value is -1.72. The predicted molar refractivity (Wildman–Crippen MR) is 54.6 cm³/mol. The fraction of sp³-hybridized carbons (Fsp3) is 0.667. The summed E-state index contributed by atoms with van der Waals surface area (Å²) in [6.45, 7) is 0. The number of hydrogen-bond acceptors (Lipinski definition) is 6. The van der Waals surface area contributed by atoms with Crippen molar-refractivity contribution in [1.29, 1.82) is 0 Å². The average Bonchev–Trinajstić information content (AvgIpc) is 2.80. The standard InChI is InChI=1S/C12H12O6/c13-9-4-7(11(15)17-9)5-1-2-6-8(3-5)12(16)18-10(6)14/h5-8H,1-4H2/t5?,6?,7-,8?/m0/s1. The summed E-state index contributed by atoms with van der Waals surface area (Å²) in [5.74, 6) is -3.27. The summed E-state index contributed by atoms with van der Waals surface area (Å²) in [6, 6.07) is 0. The lowest BCUT2D eigenvalue weighted by Crippen LogP contribution is -2.32. The van der Waals surface area contributed by atoms with E-state index in [4.69, 9.17) is 0 Å². The van der Waals surface area contributed by atoms with Crippen LogP contribution in [0.15, 0.2) is 0 Å². The van der Waals surface area contributed by atoms with Gasteiger partial charge < -0.3 is 9.47 Å². The zero-order valence-electron chi connectivity index (χ0n) is 9.59. The molecule has 1 aliphatic carbocycles. The third-order valence-electron chi connectivity index (χ3n) is 4.17. The molecule has 3 fully saturated rings. The van der Waals surface area contributed by atoms with E-state index in [1.54, 1.807) is 0 Å². The molecule has 6 nitrogen and oxygen atoms in total. The largest absolute Gasteiger partial charge is 0.393 e. The molecule has 3 rings (SSSR count). The second kappa shape index (κ2) is 3.90. The SMILES string of the molecule is O=C1C[C@@H](C2CCC3C(=O)OC(=O)C3C2)C(=O)O1. The molecule has 2 aliphatic heterocycles. The minimum absolute atomic E-state index is 0.0661. The Kier molecular flexibility index (Phi) is 2.46. The van der Waals surface area contributed by atoms with Crippen molar-refractivity contribution in [2.45, 2.75) is 25.7 Å². The molecule has 3 unspecified atom stereocenters. The van der Waals surface area contributed by atoms with Gasteiger partial charge in [0.2, 0.25) is 0 Å². The second-order valence-corrected chi connectivity index (χ2v) is 5.13. The highest BCUT2D eigenvalue weighted by atomic mass is 16.6. The summed E-state index contributed by atoms with van der Waals surface area (Å²) in [4.78, 5) is 45.4. The maximum atomic E-state index is 11.5. The Bertz CT molecular complexity index is 447. The second-order valence-electron chi connectivity index (χ2n) is 5.13. The molecule has 96 valence electrons. The molecule has 0 radical (unpaired) electrons. The van der Waals surface area contributed by atoms with Crippen molar-refractivity contribution < 1.29 is 28.7 Å². The van der Waals surface area contributed by atoms with Crippen molar-refractivity contribution in [2.24, 2.45) is 23.7 Å². The number of hydrogen-bond donors (Lipinski definition) is 0. The van der Waals surface area contributed by atoms with Gasteiger partial charge in [-0.2, -0.15) is 0 Å². The number of carbonyl (C=O) groups is 4. The van der Waals surface area contributed by atoms with E-state index in [9.17, 15) is 19.2 Å². The third kappa shape index (κ3) is 1.63. The van der Waals surface area contributed by atoms with Crippen LogP contribution in [0.25, 0.3) is 0 Å². The van der Waals surface area contributed by atoms with Gasteiger partial charge in [-0.25, -0.2) is 0 Å². The molecule has 3 aliphatic rings. The van der Waals surface area contributed by atoms with Crippen LogP contribution in [0, 0.1) is 23.7 Å². The first-order valence-electron chi connectivity index (χ1n) is 6.06. The summed E-state index contributed by atoms with van der Waals surface area (Å²) in [5.41, 5.74) is 0. The molecule has 0 spiro atoms. The Labute approximate surface area is 103 Å². The minimum Gasteiger partial charge on any atom is -0.393 e. The first-order chi connectivity index (χ1) is 8.56. The van der Waals surface area contributed by atoms with Crippen LogP contribution >= 0.6 is 0 Å². The van der Waals surface area contributed by atoms with Gasteiger partial charge in [0.25, 0.3) is 0 Å². The summed E-state index contributed by atoms with van der Waals surface area (Å²) in [7, 11) is 0. The molecule has 0 amide bonds. The van der Waals surface area contributed by atoms with Gasteiger partial charge in [0.05, 0.1) is 24.2 Å².